The van der Waals surface area contributed by atoms with Crippen molar-refractivity contribution in [1.82, 2.24) is 4.90 Å². The summed E-state index contributed by atoms with van der Waals surface area (Å²) < 4.78 is 14.4. The molecule has 1 aromatic rings. The minimum atomic E-state index is -0.396. The van der Waals surface area contributed by atoms with Crippen molar-refractivity contribution in [3.8, 4) is 0 Å². The molecule has 3 N–H and O–H groups in total. The van der Waals surface area contributed by atoms with Crippen molar-refractivity contribution in [2.75, 3.05) is 13.1 Å². The van der Waals surface area contributed by atoms with Gasteiger partial charge in [-0.2, -0.15) is 0 Å². The second-order valence-corrected chi connectivity index (χ2v) is 6.85. The zero-order valence-corrected chi connectivity index (χ0v) is 12.9. The minimum absolute atomic E-state index is 0.154. The lowest BCUT2D eigenvalue weighted by molar-refractivity contribution is 0.225. The van der Waals surface area contributed by atoms with Gasteiger partial charge in [0, 0.05) is 18.7 Å². The first-order valence-corrected chi connectivity index (χ1v) is 7.30. The summed E-state index contributed by atoms with van der Waals surface area (Å²) in [6, 6.07) is 5.02. The lowest BCUT2D eigenvalue weighted by Gasteiger charge is -2.27. The number of likely N-dealkylation sites (tertiary alicyclic amines) is 1. The largest absolute Gasteiger partial charge is 0.409 e. The Labute approximate surface area is 125 Å². The van der Waals surface area contributed by atoms with Gasteiger partial charge in [0.15, 0.2) is 5.84 Å². The highest BCUT2D eigenvalue weighted by Gasteiger charge is 2.31. The first-order valence-electron chi connectivity index (χ1n) is 7.30. The van der Waals surface area contributed by atoms with Crippen LogP contribution in [0, 0.1) is 17.2 Å². The van der Waals surface area contributed by atoms with Crippen molar-refractivity contribution >= 4 is 5.84 Å². The van der Waals surface area contributed by atoms with Gasteiger partial charge in [-0.05, 0) is 30.4 Å². The number of oxime groups is 1. The van der Waals surface area contributed by atoms with Gasteiger partial charge in [-0.25, -0.2) is 4.39 Å². The molecule has 0 spiro atoms. The van der Waals surface area contributed by atoms with Gasteiger partial charge in [0.05, 0.1) is 5.56 Å². The molecule has 1 unspecified atom stereocenters. The molecule has 5 heteroatoms. The summed E-state index contributed by atoms with van der Waals surface area (Å²) in [5, 5.41) is 11.6. The van der Waals surface area contributed by atoms with Crippen LogP contribution in [0.15, 0.2) is 23.4 Å². The summed E-state index contributed by atoms with van der Waals surface area (Å²) in [6.07, 6.45) is 1.14. The molecule has 116 valence electrons. The first kappa shape index (κ1) is 15.8. The number of nitrogens with zero attached hydrogens (tertiary/aromatic N) is 2. The molecule has 1 saturated heterocycles. The van der Waals surface area contributed by atoms with E-state index in [0.717, 1.165) is 19.5 Å². The molecular weight excluding hydrogens is 269 g/mol. The predicted octanol–water partition coefficient (Wildman–Crippen LogP) is 2.79. The number of nitrogens with two attached hydrogens (primary N) is 1. The normalized spacial score (nSPS) is 21.0. The molecule has 1 fully saturated rings. The maximum atomic E-state index is 14.4. The zero-order chi connectivity index (χ0) is 15.6. The Morgan fingerprint density at radius 2 is 2.19 bits per heavy atom. The summed E-state index contributed by atoms with van der Waals surface area (Å²) in [5.74, 6) is 0.0446. The molecular formula is C16H24FN3O. The van der Waals surface area contributed by atoms with E-state index in [1.165, 1.54) is 6.07 Å². The number of amidine groups is 1. The van der Waals surface area contributed by atoms with Crippen LogP contribution in [0.4, 0.5) is 4.39 Å². The second-order valence-electron chi connectivity index (χ2n) is 6.85. The zero-order valence-electron chi connectivity index (χ0n) is 12.9. The van der Waals surface area contributed by atoms with E-state index in [4.69, 9.17) is 10.9 Å². The summed E-state index contributed by atoms with van der Waals surface area (Å²) in [5.41, 5.74) is 6.52. The third-order valence-electron chi connectivity index (χ3n) is 4.35. The van der Waals surface area contributed by atoms with Crippen LogP contribution < -0.4 is 5.73 Å². The Kier molecular flexibility index (Phi) is 4.52. The van der Waals surface area contributed by atoms with E-state index in [-0.39, 0.29) is 16.8 Å². The fourth-order valence-corrected chi connectivity index (χ4v) is 2.88. The van der Waals surface area contributed by atoms with Gasteiger partial charge in [-0.15, -0.1) is 0 Å². The Hall–Kier alpha value is -1.62. The molecule has 1 aliphatic rings. The van der Waals surface area contributed by atoms with Crippen molar-refractivity contribution in [2.45, 2.75) is 33.7 Å². The minimum Gasteiger partial charge on any atom is -0.409 e. The van der Waals surface area contributed by atoms with E-state index >= 15 is 0 Å². The maximum absolute atomic E-state index is 14.4. The van der Waals surface area contributed by atoms with Crippen molar-refractivity contribution in [3.05, 3.63) is 35.1 Å². The number of hydrogen-bond acceptors (Lipinski definition) is 3. The number of benzene rings is 1. The summed E-state index contributed by atoms with van der Waals surface area (Å²) in [6.45, 7) is 9.28. The molecule has 1 heterocycles. The molecule has 0 amide bonds. The Morgan fingerprint density at radius 1 is 1.48 bits per heavy atom. The summed E-state index contributed by atoms with van der Waals surface area (Å²) in [7, 11) is 0. The van der Waals surface area contributed by atoms with Crippen LogP contribution in [-0.4, -0.2) is 29.0 Å². The molecule has 1 aromatic carbocycles. The van der Waals surface area contributed by atoms with Gasteiger partial charge in [-0.3, -0.25) is 4.90 Å². The molecule has 0 saturated carbocycles. The highest BCUT2D eigenvalue weighted by atomic mass is 19.1. The number of hydrogen-bond donors (Lipinski definition) is 2. The fourth-order valence-electron chi connectivity index (χ4n) is 2.88. The van der Waals surface area contributed by atoms with Gasteiger partial charge >= 0.3 is 0 Å². The summed E-state index contributed by atoms with van der Waals surface area (Å²) in [4.78, 5) is 2.27. The van der Waals surface area contributed by atoms with E-state index in [1.807, 2.05) is 0 Å². The topological polar surface area (TPSA) is 61.8 Å². The highest BCUT2D eigenvalue weighted by molar-refractivity contribution is 5.97. The van der Waals surface area contributed by atoms with E-state index in [0.29, 0.717) is 18.0 Å². The van der Waals surface area contributed by atoms with Crippen LogP contribution in [0.1, 0.15) is 38.3 Å². The van der Waals surface area contributed by atoms with Crippen LogP contribution in [0.2, 0.25) is 0 Å². The third kappa shape index (κ3) is 3.53. The van der Waals surface area contributed by atoms with E-state index in [9.17, 15) is 4.39 Å². The van der Waals surface area contributed by atoms with Gasteiger partial charge in [-0.1, -0.05) is 38.1 Å². The quantitative estimate of drug-likeness (QED) is 0.390. The Balaban J connectivity index is 2.11. The van der Waals surface area contributed by atoms with E-state index in [2.05, 4.69) is 30.8 Å². The van der Waals surface area contributed by atoms with Crippen LogP contribution in [0.5, 0.6) is 0 Å². The lowest BCUT2D eigenvalue weighted by atomic mass is 9.80. The molecule has 0 aromatic heterocycles. The smallest absolute Gasteiger partial charge is 0.173 e. The highest BCUT2D eigenvalue weighted by Crippen LogP contribution is 2.34. The Bertz CT molecular complexity index is 537. The molecule has 0 aliphatic carbocycles. The molecule has 4 nitrogen and oxygen atoms in total. The molecule has 1 atom stereocenters. The maximum Gasteiger partial charge on any atom is 0.173 e. The van der Waals surface area contributed by atoms with Crippen LogP contribution >= 0.6 is 0 Å². The second kappa shape index (κ2) is 6.02. The molecule has 2 rings (SSSR count). The average molecular weight is 293 g/mol. The van der Waals surface area contributed by atoms with Crippen molar-refractivity contribution in [2.24, 2.45) is 22.2 Å². The van der Waals surface area contributed by atoms with Crippen molar-refractivity contribution in [1.29, 1.82) is 0 Å². The number of rotatable bonds is 3. The van der Waals surface area contributed by atoms with Crippen LogP contribution in [-0.2, 0) is 6.54 Å². The lowest BCUT2D eigenvalue weighted by Crippen LogP contribution is -2.26. The Morgan fingerprint density at radius 3 is 2.76 bits per heavy atom. The van der Waals surface area contributed by atoms with Crippen LogP contribution in [0.25, 0.3) is 0 Å². The first-order chi connectivity index (χ1) is 9.82. The van der Waals surface area contributed by atoms with Gasteiger partial charge in [0.1, 0.15) is 5.82 Å². The molecule has 0 radical (unpaired) electrons. The van der Waals surface area contributed by atoms with Crippen LogP contribution in [0.3, 0.4) is 0 Å². The van der Waals surface area contributed by atoms with Gasteiger partial charge in [0.2, 0.25) is 0 Å². The molecule has 0 bridgehead atoms. The standard InChI is InChI=1S/C16H24FN3O/c1-16(2,3)12-7-8-20(10-12)9-11-5-4-6-13(14(11)17)15(18)19-21/h4-6,12,21H,7-10H2,1-3H3,(H2,18,19). The monoisotopic (exact) mass is 293 g/mol. The predicted molar refractivity (Wildman–Crippen MR) is 81.7 cm³/mol. The fraction of sp³-hybridized carbons (Fsp3) is 0.562. The van der Waals surface area contributed by atoms with Crippen molar-refractivity contribution < 1.29 is 9.60 Å². The SMILES string of the molecule is CC(C)(C)C1CCN(Cc2cccc(/C(N)=N/O)c2F)C1. The third-order valence-corrected chi connectivity index (χ3v) is 4.35. The van der Waals surface area contributed by atoms with Gasteiger partial charge < -0.3 is 10.9 Å². The average Bonchev–Trinajstić information content (AvgIpc) is 2.89. The molecule has 1 aliphatic heterocycles. The van der Waals surface area contributed by atoms with Gasteiger partial charge in [0.25, 0.3) is 0 Å². The summed E-state index contributed by atoms with van der Waals surface area (Å²) >= 11 is 0. The van der Waals surface area contributed by atoms with E-state index in [1.54, 1.807) is 12.1 Å². The molecule has 21 heavy (non-hydrogen) atoms. The van der Waals surface area contributed by atoms with E-state index < -0.39 is 5.82 Å². The number of halogens is 1. The van der Waals surface area contributed by atoms with Crippen molar-refractivity contribution in [3.63, 3.8) is 0 Å².